The Morgan fingerprint density at radius 2 is 1.67 bits per heavy atom. The molecule has 2 N–H and O–H groups in total. The minimum Gasteiger partial charge on any atom is -0.406 e. The van der Waals surface area contributed by atoms with Gasteiger partial charge in [0.1, 0.15) is 5.75 Å². The highest BCUT2D eigenvalue weighted by atomic mass is 19.4. The van der Waals surface area contributed by atoms with Gasteiger partial charge < -0.3 is 15.2 Å². The van der Waals surface area contributed by atoms with E-state index in [0.29, 0.717) is 5.56 Å². The quantitative estimate of drug-likeness (QED) is 0.862. The van der Waals surface area contributed by atoms with Crippen LogP contribution in [-0.4, -0.2) is 18.5 Å². The zero-order chi connectivity index (χ0) is 18.0. The lowest BCUT2D eigenvalue weighted by Crippen LogP contribution is -2.30. The third kappa shape index (κ3) is 5.98. The number of rotatable bonds is 4. The second-order valence-corrected chi connectivity index (χ2v) is 7.51. The number of nitrogens with two attached hydrogens (primary N) is 1. The second-order valence-electron chi connectivity index (χ2n) is 7.51. The number of hydrogen-bond acceptors (Lipinski definition) is 3. The van der Waals surface area contributed by atoms with E-state index in [1.807, 2.05) is 26.8 Å². The van der Waals surface area contributed by atoms with E-state index in [2.05, 4.69) is 4.74 Å². The first kappa shape index (κ1) is 19.1. The molecule has 0 spiro atoms. The van der Waals surface area contributed by atoms with Crippen LogP contribution < -0.4 is 10.5 Å². The van der Waals surface area contributed by atoms with E-state index in [1.165, 1.54) is 12.1 Å². The molecule has 0 radical (unpaired) electrons. The van der Waals surface area contributed by atoms with Crippen LogP contribution in [0.4, 0.5) is 13.2 Å². The Kier molecular flexibility index (Phi) is 5.81. The van der Waals surface area contributed by atoms with Crippen LogP contribution in [0.3, 0.4) is 0 Å². The molecule has 1 saturated carbocycles. The third-order valence-corrected chi connectivity index (χ3v) is 4.27. The van der Waals surface area contributed by atoms with Gasteiger partial charge in [-0.05, 0) is 54.4 Å². The van der Waals surface area contributed by atoms with Gasteiger partial charge in [0.05, 0.1) is 12.7 Å². The molecular weight excluding hydrogens is 319 g/mol. The first-order chi connectivity index (χ1) is 11.0. The molecule has 2 rings (SSSR count). The van der Waals surface area contributed by atoms with Crippen LogP contribution in [0.25, 0.3) is 0 Å². The number of hydrogen-bond donors (Lipinski definition) is 1. The van der Waals surface area contributed by atoms with Crippen LogP contribution in [0.1, 0.15) is 57.6 Å². The molecule has 1 aliphatic rings. The van der Waals surface area contributed by atoms with Crippen molar-refractivity contribution in [3.05, 3.63) is 29.3 Å². The lowest BCUT2D eigenvalue weighted by Gasteiger charge is -2.27. The van der Waals surface area contributed by atoms with Gasteiger partial charge in [0.2, 0.25) is 0 Å². The summed E-state index contributed by atoms with van der Waals surface area (Å²) in [5.41, 5.74) is 7.07. The van der Waals surface area contributed by atoms with E-state index in [-0.39, 0.29) is 29.9 Å². The van der Waals surface area contributed by atoms with Gasteiger partial charge in [-0.1, -0.05) is 26.8 Å². The van der Waals surface area contributed by atoms with Crippen LogP contribution in [0.2, 0.25) is 0 Å². The van der Waals surface area contributed by atoms with Crippen LogP contribution in [-0.2, 0) is 16.8 Å². The highest BCUT2D eigenvalue weighted by Gasteiger charge is 2.32. The Hall–Kier alpha value is -1.27. The molecule has 0 unspecified atom stereocenters. The summed E-state index contributed by atoms with van der Waals surface area (Å²) in [5.74, 6) is -0.195. The van der Waals surface area contributed by atoms with Crippen LogP contribution in [0, 0.1) is 0 Å². The number of ether oxygens (including phenoxy) is 2. The summed E-state index contributed by atoms with van der Waals surface area (Å²) in [6, 6.07) is 4.96. The summed E-state index contributed by atoms with van der Waals surface area (Å²) in [6.07, 6.45) is -0.939. The van der Waals surface area contributed by atoms with Gasteiger partial charge in [-0.3, -0.25) is 0 Å². The van der Waals surface area contributed by atoms with Crippen molar-refractivity contribution in [1.82, 2.24) is 0 Å². The summed E-state index contributed by atoms with van der Waals surface area (Å²) in [7, 11) is 0. The molecule has 0 saturated heterocycles. The van der Waals surface area contributed by atoms with Crippen molar-refractivity contribution < 1.29 is 22.6 Å². The Morgan fingerprint density at radius 3 is 2.21 bits per heavy atom. The molecule has 0 amide bonds. The number of benzene rings is 1. The van der Waals surface area contributed by atoms with E-state index in [4.69, 9.17) is 10.5 Å². The number of alkyl halides is 3. The molecule has 6 heteroatoms. The Bertz CT molecular complexity index is 544. The maximum atomic E-state index is 12.5. The zero-order valence-corrected chi connectivity index (χ0v) is 14.5. The molecule has 1 aromatic rings. The van der Waals surface area contributed by atoms with Crippen molar-refractivity contribution in [2.75, 3.05) is 0 Å². The first-order valence-corrected chi connectivity index (χ1v) is 8.30. The van der Waals surface area contributed by atoms with Gasteiger partial charge in [-0.25, -0.2) is 0 Å². The monoisotopic (exact) mass is 345 g/mol. The SMILES string of the molecule is CC(C)(C)c1cc(COC2CCC(N)CC2)cc(OC(F)(F)F)c1. The van der Waals surface area contributed by atoms with Crippen molar-refractivity contribution in [1.29, 1.82) is 0 Å². The molecule has 0 aliphatic heterocycles. The van der Waals surface area contributed by atoms with Gasteiger partial charge in [-0.2, -0.15) is 0 Å². The molecule has 0 aromatic heterocycles. The fourth-order valence-corrected chi connectivity index (χ4v) is 2.84. The Labute approximate surface area is 141 Å². The number of halogens is 3. The minimum atomic E-state index is -4.70. The summed E-state index contributed by atoms with van der Waals surface area (Å²) >= 11 is 0. The average molecular weight is 345 g/mol. The van der Waals surface area contributed by atoms with Crippen molar-refractivity contribution in [3.63, 3.8) is 0 Å². The molecule has 24 heavy (non-hydrogen) atoms. The van der Waals surface area contributed by atoms with Gasteiger partial charge in [0.25, 0.3) is 0 Å². The maximum Gasteiger partial charge on any atom is 0.573 e. The molecule has 136 valence electrons. The molecule has 0 bridgehead atoms. The topological polar surface area (TPSA) is 44.5 Å². The average Bonchev–Trinajstić information content (AvgIpc) is 2.44. The van der Waals surface area contributed by atoms with Gasteiger partial charge in [0.15, 0.2) is 0 Å². The van der Waals surface area contributed by atoms with Crippen LogP contribution in [0.5, 0.6) is 5.75 Å². The van der Waals surface area contributed by atoms with Gasteiger partial charge >= 0.3 is 6.36 Å². The highest BCUT2D eigenvalue weighted by Crippen LogP contribution is 2.31. The van der Waals surface area contributed by atoms with Crippen molar-refractivity contribution in [2.45, 2.75) is 77.0 Å². The molecule has 0 atom stereocenters. The van der Waals surface area contributed by atoms with E-state index in [0.717, 1.165) is 31.2 Å². The highest BCUT2D eigenvalue weighted by molar-refractivity contribution is 5.37. The molecule has 0 heterocycles. The smallest absolute Gasteiger partial charge is 0.406 e. The third-order valence-electron chi connectivity index (χ3n) is 4.27. The molecule has 1 fully saturated rings. The Morgan fingerprint density at radius 1 is 1.04 bits per heavy atom. The minimum absolute atomic E-state index is 0.120. The molecular formula is C18H26F3NO2. The largest absolute Gasteiger partial charge is 0.573 e. The zero-order valence-electron chi connectivity index (χ0n) is 14.5. The van der Waals surface area contributed by atoms with E-state index in [9.17, 15) is 13.2 Å². The lowest BCUT2D eigenvalue weighted by molar-refractivity contribution is -0.274. The van der Waals surface area contributed by atoms with Crippen molar-refractivity contribution in [2.24, 2.45) is 5.73 Å². The van der Waals surface area contributed by atoms with Gasteiger partial charge in [0, 0.05) is 6.04 Å². The summed E-state index contributed by atoms with van der Waals surface area (Å²) in [4.78, 5) is 0. The summed E-state index contributed by atoms with van der Waals surface area (Å²) in [6.45, 7) is 6.13. The lowest BCUT2D eigenvalue weighted by atomic mass is 9.86. The predicted octanol–water partition coefficient (Wildman–Crippen LogP) is 4.67. The summed E-state index contributed by atoms with van der Waals surface area (Å²) in [5, 5.41) is 0. The predicted molar refractivity (Wildman–Crippen MR) is 86.8 cm³/mol. The van der Waals surface area contributed by atoms with Crippen molar-refractivity contribution >= 4 is 0 Å². The first-order valence-electron chi connectivity index (χ1n) is 8.30. The van der Waals surface area contributed by atoms with E-state index < -0.39 is 6.36 Å². The van der Waals surface area contributed by atoms with E-state index in [1.54, 1.807) is 0 Å². The molecule has 1 aliphatic carbocycles. The Balaban J connectivity index is 2.11. The van der Waals surface area contributed by atoms with Crippen LogP contribution in [0.15, 0.2) is 18.2 Å². The standard InChI is InChI=1S/C18H26F3NO2/c1-17(2,3)13-8-12(9-16(10-13)24-18(19,20)21)11-23-15-6-4-14(22)5-7-15/h8-10,14-15H,4-7,11,22H2,1-3H3. The molecule has 3 nitrogen and oxygen atoms in total. The van der Waals surface area contributed by atoms with Crippen LogP contribution >= 0.6 is 0 Å². The molecule has 1 aromatic carbocycles. The van der Waals surface area contributed by atoms with Gasteiger partial charge in [-0.15, -0.1) is 13.2 Å². The van der Waals surface area contributed by atoms with Crippen molar-refractivity contribution in [3.8, 4) is 5.75 Å². The normalized spacial score (nSPS) is 22.5. The fourth-order valence-electron chi connectivity index (χ4n) is 2.84. The fraction of sp³-hybridized carbons (Fsp3) is 0.667. The maximum absolute atomic E-state index is 12.5. The summed E-state index contributed by atoms with van der Waals surface area (Å²) < 4.78 is 47.6. The second kappa shape index (κ2) is 7.31. The van der Waals surface area contributed by atoms with E-state index >= 15 is 0 Å².